The zero-order valence-electron chi connectivity index (χ0n) is 14.5. The van der Waals surface area contributed by atoms with Gasteiger partial charge in [-0.25, -0.2) is 0 Å². The molecule has 6 heteroatoms. The van der Waals surface area contributed by atoms with E-state index in [0.717, 1.165) is 0 Å². The van der Waals surface area contributed by atoms with Gasteiger partial charge in [0.05, 0.1) is 28.4 Å². The highest BCUT2D eigenvalue weighted by molar-refractivity contribution is 6.10. The first kappa shape index (κ1) is 18.2. The van der Waals surface area contributed by atoms with Crippen LogP contribution in [0.4, 0.5) is 0 Å². The highest BCUT2D eigenvalue weighted by Gasteiger charge is 2.15. The van der Waals surface area contributed by atoms with Gasteiger partial charge in [0.2, 0.25) is 5.75 Å². The summed E-state index contributed by atoms with van der Waals surface area (Å²) in [6.45, 7) is 0. The van der Waals surface area contributed by atoms with Crippen molar-refractivity contribution >= 4 is 11.9 Å². The molecule has 0 spiro atoms. The van der Waals surface area contributed by atoms with Crippen molar-refractivity contribution in [1.29, 1.82) is 0 Å². The SMILES string of the molecule is COc1cc(/C=C/C(=O)c2c(O)cccc2OC)cc(OC)c1OC. The van der Waals surface area contributed by atoms with E-state index >= 15 is 0 Å². The lowest BCUT2D eigenvalue weighted by Crippen LogP contribution is -1.99. The molecule has 0 unspecified atom stereocenters. The maximum absolute atomic E-state index is 12.4. The van der Waals surface area contributed by atoms with Gasteiger partial charge in [-0.05, 0) is 35.9 Å². The van der Waals surface area contributed by atoms with Gasteiger partial charge in [-0.2, -0.15) is 0 Å². The summed E-state index contributed by atoms with van der Waals surface area (Å²) in [5, 5.41) is 9.93. The smallest absolute Gasteiger partial charge is 0.203 e. The highest BCUT2D eigenvalue weighted by Crippen LogP contribution is 2.38. The van der Waals surface area contributed by atoms with Gasteiger partial charge >= 0.3 is 0 Å². The number of aromatic hydroxyl groups is 1. The molecule has 1 N–H and O–H groups in total. The molecule has 0 fully saturated rings. The van der Waals surface area contributed by atoms with Crippen LogP contribution in [-0.4, -0.2) is 39.3 Å². The number of allylic oxidation sites excluding steroid dienone is 1. The predicted octanol–water partition coefficient (Wildman–Crippen LogP) is 3.32. The van der Waals surface area contributed by atoms with Crippen molar-refractivity contribution in [2.24, 2.45) is 0 Å². The van der Waals surface area contributed by atoms with E-state index in [0.29, 0.717) is 28.6 Å². The Kier molecular flexibility index (Phi) is 5.89. The van der Waals surface area contributed by atoms with Crippen molar-refractivity contribution in [2.75, 3.05) is 28.4 Å². The molecule has 0 aliphatic heterocycles. The lowest BCUT2D eigenvalue weighted by Gasteiger charge is -2.12. The zero-order chi connectivity index (χ0) is 18.4. The fourth-order valence-electron chi connectivity index (χ4n) is 2.39. The summed E-state index contributed by atoms with van der Waals surface area (Å²) >= 11 is 0. The van der Waals surface area contributed by atoms with Crippen molar-refractivity contribution in [3.63, 3.8) is 0 Å². The minimum atomic E-state index is -0.385. The van der Waals surface area contributed by atoms with Crippen molar-refractivity contribution in [1.82, 2.24) is 0 Å². The molecule has 0 amide bonds. The van der Waals surface area contributed by atoms with Gasteiger partial charge in [-0.3, -0.25) is 4.79 Å². The predicted molar refractivity (Wildman–Crippen MR) is 94.1 cm³/mol. The van der Waals surface area contributed by atoms with Crippen molar-refractivity contribution < 1.29 is 28.8 Å². The number of phenolic OH excluding ortho intramolecular Hbond substituents is 1. The highest BCUT2D eigenvalue weighted by atomic mass is 16.5. The van der Waals surface area contributed by atoms with Crippen molar-refractivity contribution in [2.45, 2.75) is 0 Å². The largest absolute Gasteiger partial charge is 0.507 e. The Hall–Kier alpha value is -3.15. The number of carbonyl (C=O) groups excluding carboxylic acids is 1. The molecule has 2 aromatic carbocycles. The van der Waals surface area contributed by atoms with Gasteiger partial charge in [0.1, 0.15) is 17.1 Å². The number of methoxy groups -OCH3 is 4. The van der Waals surface area contributed by atoms with Crippen molar-refractivity contribution in [3.8, 4) is 28.7 Å². The van der Waals surface area contributed by atoms with Crippen LogP contribution in [0.25, 0.3) is 6.08 Å². The number of rotatable bonds is 7. The minimum absolute atomic E-state index is 0.105. The van der Waals surface area contributed by atoms with Gasteiger partial charge in [0.15, 0.2) is 17.3 Å². The molecule has 2 aromatic rings. The summed E-state index contributed by atoms with van der Waals surface area (Å²) in [6.07, 6.45) is 2.94. The van der Waals surface area contributed by atoms with Crippen LogP contribution in [0.5, 0.6) is 28.7 Å². The van der Waals surface area contributed by atoms with E-state index in [1.165, 1.54) is 40.6 Å². The molecule has 0 radical (unpaired) electrons. The van der Waals surface area contributed by atoms with E-state index in [9.17, 15) is 9.90 Å². The van der Waals surface area contributed by atoms with Crippen LogP contribution >= 0.6 is 0 Å². The quantitative estimate of drug-likeness (QED) is 0.613. The van der Waals surface area contributed by atoms with Gasteiger partial charge < -0.3 is 24.1 Å². The number of carbonyl (C=O) groups is 1. The average Bonchev–Trinajstić information content (AvgIpc) is 2.64. The van der Waals surface area contributed by atoms with E-state index in [1.54, 1.807) is 30.3 Å². The Balaban J connectivity index is 2.38. The van der Waals surface area contributed by atoms with Gasteiger partial charge in [0.25, 0.3) is 0 Å². The van der Waals surface area contributed by atoms with Gasteiger partial charge in [-0.1, -0.05) is 12.1 Å². The Morgan fingerprint density at radius 2 is 1.52 bits per heavy atom. The lowest BCUT2D eigenvalue weighted by molar-refractivity contribution is 0.104. The third kappa shape index (κ3) is 3.85. The molecule has 6 nitrogen and oxygen atoms in total. The fourth-order valence-corrected chi connectivity index (χ4v) is 2.39. The van der Waals surface area contributed by atoms with E-state index < -0.39 is 0 Å². The number of ether oxygens (including phenoxy) is 4. The monoisotopic (exact) mass is 344 g/mol. The number of hydrogen-bond acceptors (Lipinski definition) is 6. The number of hydrogen-bond donors (Lipinski definition) is 1. The molecule has 25 heavy (non-hydrogen) atoms. The summed E-state index contributed by atoms with van der Waals surface area (Å²) in [5.41, 5.74) is 0.783. The summed E-state index contributed by atoms with van der Waals surface area (Å²) in [4.78, 5) is 12.4. The first-order valence-corrected chi connectivity index (χ1v) is 7.44. The molecule has 132 valence electrons. The van der Waals surface area contributed by atoms with Crippen LogP contribution in [0.3, 0.4) is 0 Å². The lowest BCUT2D eigenvalue weighted by atomic mass is 10.1. The first-order valence-electron chi connectivity index (χ1n) is 7.44. The molecule has 0 heterocycles. The second kappa shape index (κ2) is 8.10. The molecular weight excluding hydrogens is 324 g/mol. The molecule has 0 saturated heterocycles. The Bertz CT molecular complexity index is 769. The zero-order valence-corrected chi connectivity index (χ0v) is 14.5. The molecule has 0 aliphatic rings. The fraction of sp³-hybridized carbons (Fsp3) is 0.211. The molecule has 0 bridgehead atoms. The Labute approximate surface area is 146 Å². The standard InChI is InChI=1S/C19H20O6/c1-22-15-7-5-6-13(20)18(15)14(21)9-8-12-10-16(23-2)19(25-4)17(11-12)24-3/h5-11,20H,1-4H3/b9-8+. The van der Waals surface area contributed by atoms with Crippen LogP contribution < -0.4 is 18.9 Å². The van der Waals surface area contributed by atoms with Crippen LogP contribution in [0.15, 0.2) is 36.4 Å². The van der Waals surface area contributed by atoms with Crippen LogP contribution in [0.2, 0.25) is 0 Å². The average molecular weight is 344 g/mol. The maximum Gasteiger partial charge on any atom is 0.203 e. The van der Waals surface area contributed by atoms with E-state index in [4.69, 9.17) is 18.9 Å². The molecule has 2 rings (SSSR count). The van der Waals surface area contributed by atoms with Crippen LogP contribution in [-0.2, 0) is 0 Å². The van der Waals surface area contributed by atoms with Gasteiger partial charge in [0, 0.05) is 0 Å². The normalized spacial score (nSPS) is 10.6. The summed E-state index contributed by atoms with van der Waals surface area (Å²) in [6, 6.07) is 8.08. The van der Waals surface area contributed by atoms with E-state index in [1.807, 2.05) is 0 Å². The Morgan fingerprint density at radius 3 is 2.04 bits per heavy atom. The van der Waals surface area contributed by atoms with Crippen LogP contribution in [0.1, 0.15) is 15.9 Å². The maximum atomic E-state index is 12.4. The number of benzene rings is 2. The third-order valence-corrected chi connectivity index (χ3v) is 3.58. The third-order valence-electron chi connectivity index (χ3n) is 3.58. The molecule has 0 atom stereocenters. The number of ketones is 1. The van der Waals surface area contributed by atoms with E-state index in [2.05, 4.69) is 0 Å². The molecule has 0 aliphatic carbocycles. The molecule has 0 aromatic heterocycles. The minimum Gasteiger partial charge on any atom is -0.507 e. The van der Waals surface area contributed by atoms with Crippen LogP contribution in [0, 0.1) is 0 Å². The van der Waals surface area contributed by atoms with Gasteiger partial charge in [-0.15, -0.1) is 0 Å². The summed E-state index contributed by atoms with van der Waals surface area (Å²) < 4.78 is 21.0. The molecular formula is C19H20O6. The van der Waals surface area contributed by atoms with E-state index in [-0.39, 0.29) is 17.1 Å². The molecule has 0 saturated carbocycles. The summed E-state index contributed by atoms with van der Waals surface area (Å²) in [7, 11) is 5.99. The van der Waals surface area contributed by atoms with Crippen molar-refractivity contribution in [3.05, 3.63) is 47.5 Å². The second-order valence-electron chi connectivity index (χ2n) is 5.01. The Morgan fingerprint density at radius 1 is 0.920 bits per heavy atom. The second-order valence-corrected chi connectivity index (χ2v) is 5.01. The first-order chi connectivity index (χ1) is 12.0. The summed E-state index contributed by atoms with van der Waals surface area (Å²) in [5.74, 6) is 1.21. The topological polar surface area (TPSA) is 74.2 Å². The number of phenols is 1.